The van der Waals surface area contributed by atoms with Crippen LogP contribution in [0.25, 0.3) is 0 Å². The zero-order chi connectivity index (χ0) is 13.0. The third-order valence-corrected chi connectivity index (χ3v) is 3.89. The van der Waals surface area contributed by atoms with E-state index in [1.807, 2.05) is 12.1 Å². The molecular formula is C15H21NO2. The Hall–Kier alpha value is -1.35. The van der Waals surface area contributed by atoms with Gasteiger partial charge in [-0.2, -0.15) is 0 Å². The average Bonchev–Trinajstić information content (AvgIpc) is 2.33. The molecule has 1 aromatic rings. The predicted molar refractivity (Wildman–Crippen MR) is 71.5 cm³/mol. The van der Waals surface area contributed by atoms with Crippen LogP contribution in [0.5, 0.6) is 0 Å². The Kier molecular flexibility index (Phi) is 4.37. The third-order valence-electron chi connectivity index (χ3n) is 3.89. The Balaban J connectivity index is 1.89. The first-order valence-corrected chi connectivity index (χ1v) is 6.73. The van der Waals surface area contributed by atoms with Crippen molar-refractivity contribution in [3.05, 3.63) is 35.4 Å². The van der Waals surface area contributed by atoms with Crippen LogP contribution in [0.1, 0.15) is 42.7 Å². The molecule has 0 amide bonds. The molecule has 3 nitrogen and oxygen atoms in total. The molecule has 1 aliphatic rings. The van der Waals surface area contributed by atoms with Crippen LogP contribution in [0.15, 0.2) is 24.3 Å². The van der Waals surface area contributed by atoms with E-state index in [1.54, 1.807) is 0 Å². The SMILES string of the molecule is NCCCCC(CC1Cc2ccccc21)C(=O)O. The van der Waals surface area contributed by atoms with Crippen molar-refractivity contribution >= 4 is 5.97 Å². The van der Waals surface area contributed by atoms with Crippen LogP contribution in [0.3, 0.4) is 0 Å². The number of nitrogens with two attached hydrogens (primary N) is 1. The minimum atomic E-state index is -0.656. The summed E-state index contributed by atoms with van der Waals surface area (Å²) in [7, 11) is 0. The van der Waals surface area contributed by atoms with Gasteiger partial charge in [0.05, 0.1) is 5.92 Å². The summed E-state index contributed by atoms with van der Waals surface area (Å²) in [4.78, 5) is 11.2. The lowest BCUT2D eigenvalue weighted by Gasteiger charge is -2.32. The lowest BCUT2D eigenvalue weighted by atomic mass is 9.72. The highest BCUT2D eigenvalue weighted by atomic mass is 16.4. The summed E-state index contributed by atoms with van der Waals surface area (Å²) in [5.41, 5.74) is 8.18. The van der Waals surface area contributed by atoms with Crippen molar-refractivity contribution < 1.29 is 9.90 Å². The third kappa shape index (κ3) is 2.91. The first-order chi connectivity index (χ1) is 8.72. The van der Waals surface area contributed by atoms with Crippen LogP contribution in [0, 0.1) is 5.92 Å². The second kappa shape index (κ2) is 6.01. The van der Waals surface area contributed by atoms with Gasteiger partial charge in [0, 0.05) is 0 Å². The summed E-state index contributed by atoms with van der Waals surface area (Å²) < 4.78 is 0. The van der Waals surface area contributed by atoms with Crippen LogP contribution >= 0.6 is 0 Å². The highest BCUT2D eigenvalue weighted by Gasteiger charge is 2.30. The van der Waals surface area contributed by atoms with Gasteiger partial charge in [0.2, 0.25) is 0 Å². The number of hydrogen-bond donors (Lipinski definition) is 2. The van der Waals surface area contributed by atoms with Crippen molar-refractivity contribution in [2.45, 2.75) is 38.0 Å². The number of carboxylic acid groups (broad SMARTS) is 1. The van der Waals surface area contributed by atoms with E-state index in [-0.39, 0.29) is 5.92 Å². The van der Waals surface area contributed by atoms with Crippen molar-refractivity contribution in [1.82, 2.24) is 0 Å². The summed E-state index contributed by atoms with van der Waals surface area (Å²) in [6, 6.07) is 8.35. The van der Waals surface area contributed by atoms with Gasteiger partial charge in [0.1, 0.15) is 0 Å². The fourth-order valence-corrected chi connectivity index (χ4v) is 2.79. The molecule has 18 heavy (non-hydrogen) atoms. The van der Waals surface area contributed by atoms with E-state index in [1.165, 1.54) is 11.1 Å². The summed E-state index contributed by atoms with van der Waals surface area (Å²) in [5.74, 6) is -0.425. The van der Waals surface area contributed by atoms with Gasteiger partial charge in [-0.3, -0.25) is 4.79 Å². The van der Waals surface area contributed by atoms with Crippen molar-refractivity contribution in [2.24, 2.45) is 11.7 Å². The maximum atomic E-state index is 11.2. The molecule has 1 aromatic carbocycles. The largest absolute Gasteiger partial charge is 0.481 e. The van der Waals surface area contributed by atoms with Gasteiger partial charge in [-0.05, 0) is 49.3 Å². The van der Waals surface area contributed by atoms with Gasteiger partial charge >= 0.3 is 5.97 Å². The number of rotatable bonds is 7. The molecule has 98 valence electrons. The van der Waals surface area contributed by atoms with E-state index < -0.39 is 5.97 Å². The van der Waals surface area contributed by atoms with Gasteiger partial charge in [0.25, 0.3) is 0 Å². The van der Waals surface area contributed by atoms with Crippen LogP contribution < -0.4 is 5.73 Å². The first kappa shape index (κ1) is 13.1. The Labute approximate surface area is 108 Å². The van der Waals surface area contributed by atoms with Gasteiger partial charge in [-0.1, -0.05) is 30.7 Å². The van der Waals surface area contributed by atoms with E-state index >= 15 is 0 Å². The highest BCUT2D eigenvalue weighted by molar-refractivity contribution is 5.70. The molecule has 0 aromatic heterocycles. The minimum absolute atomic E-state index is 0.213. The Morgan fingerprint density at radius 2 is 2.17 bits per heavy atom. The monoisotopic (exact) mass is 247 g/mol. The number of fused-ring (bicyclic) bond motifs is 1. The molecule has 0 saturated carbocycles. The number of carboxylic acids is 1. The fourth-order valence-electron chi connectivity index (χ4n) is 2.79. The van der Waals surface area contributed by atoms with Gasteiger partial charge in [-0.25, -0.2) is 0 Å². The fraction of sp³-hybridized carbons (Fsp3) is 0.533. The number of carbonyl (C=O) groups is 1. The summed E-state index contributed by atoms with van der Waals surface area (Å²) in [5, 5.41) is 9.26. The smallest absolute Gasteiger partial charge is 0.306 e. The molecule has 0 bridgehead atoms. The summed E-state index contributed by atoms with van der Waals surface area (Å²) >= 11 is 0. The topological polar surface area (TPSA) is 63.3 Å². The van der Waals surface area contributed by atoms with Crippen LogP contribution in [0.2, 0.25) is 0 Å². The molecule has 0 fully saturated rings. The summed E-state index contributed by atoms with van der Waals surface area (Å²) in [6.45, 7) is 0.651. The molecule has 0 radical (unpaired) electrons. The molecule has 2 atom stereocenters. The van der Waals surface area contributed by atoms with Crippen molar-refractivity contribution in [3.8, 4) is 0 Å². The van der Waals surface area contributed by atoms with Crippen LogP contribution in [0.4, 0.5) is 0 Å². The molecular weight excluding hydrogens is 226 g/mol. The molecule has 0 heterocycles. The Morgan fingerprint density at radius 1 is 1.39 bits per heavy atom. The second-order valence-corrected chi connectivity index (χ2v) is 5.16. The Bertz CT molecular complexity index is 417. The maximum absolute atomic E-state index is 11.2. The quantitative estimate of drug-likeness (QED) is 0.728. The molecule has 3 N–H and O–H groups in total. The predicted octanol–water partition coefficient (Wildman–Crippen LogP) is 2.55. The first-order valence-electron chi connectivity index (χ1n) is 6.73. The van der Waals surface area contributed by atoms with Crippen LogP contribution in [-0.2, 0) is 11.2 Å². The zero-order valence-electron chi connectivity index (χ0n) is 10.6. The Morgan fingerprint density at radius 3 is 2.83 bits per heavy atom. The van der Waals surface area contributed by atoms with E-state index in [4.69, 9.17) is 5.73 Å². The second-order valence-electron chi connectivity index (χ2n) is 5.16. The number of hydrogen-bond acceptors (Lipinski definition) is 2. The molecule has 1 aliphatic carbocycles. The van der Waals surface area contributed by atoms with Gasteiger partial charge in [-0.15, -0.1) is 0 Å². The average molecular weight is 247 g/mol. The highest BCUT2D eigenvalue weighted by Crippen LogP contribution is 2.40. The van der Waals surface area contributed by atoms with E-state index in [0.717, 1.165) is 32.1 Å². The van der Waals surface area contributed by atoms with Gasteiger partial charge in [0.15, 0.2) is 0 Å². The van der Waals surface area contributed by atoms with Crippen LogP contribution in [-0.4, -0.2) is 17.6 Å². The number of benzene rings is 1. The molecule has 3 heteroatoms. The normalized spacial score (nSPS) is 18.8. The van der Waals surface area contributed by atoms with Crippen molar-refractivity contribution in [1.29, 1.82) is 0 Å². The standard InChI is InChI=1S/C15H21NO2/c16-8-4-3-6-12(15(17)18)10-13-9-11-5-1-2-7-14(11)13/h1-2,5,7,12-13H,3-4,6,8-10,16H2,(H,17,18). The van der Waals surface area contributed by atoms with E-state index in [9.17, 15) is 9.90 Å². The zero-order valence-corrected chi connectivity index (χ0v) is 10.6. The van der Waals surface area contributed by atoms with Crippen molar-refractivity contribution in [3.63, 3.8) is 0 Å². The lowest BCUT2D eigenvalue weighted by molar-refractivity contribution is -0.142. The lowest BCUT2D eigenvalue weighted by Crippen LogP contribution is -2.24. The van der Waals surface area contributed by atoms with E-state index in [0.29, 0.717) is 12.5 Å². The maximum Gasteiger partial charge on any atom is 0.306 e. The van der Waals surface area contributed by atoms with E-state index in [2.05, 4.69) is 12.1 Å². The number of unbranched alkanes of at least 4 members (excludes halogenated alkanes) is 1. The van der Waals surface area contributed by atoms with Gasteiger partial charge < -0.3 is 10.8 Å². The summed E-state index contributed by atoms with van der Waals surface area (Å²) in [6.07, 6.45) is 4.41. The molecule has 2 unspecified atom stereocenters. The van der Waals surface area contributed by atoms with Crippen molar-refractivity contribution in [2.75, 3.05) is 6.54 Å². The minimum Gasteiger partial charge on any atom is -0.481 e. The molecule has 0 aliphatic heterocycles. The molecule has 0 spiro atoms. The molecule has 2 rings (SSSR count). The molecule has 0 saturated heterocycles. The number of aliphatic carboxylic acids is 1.